The molecule has 0 saturated heterocycles. The Morgan fingerprint density at radius 3 is 2.60 bits per heavy atom. The van der Waals surface area contributed by atoms with Crippen LogP contribution in [0.2, 0.25) is 0 Å². The second-order valence-electron chi connectivity index (χ2n) is 7.14. The van der Waals surface area contributed by atoms with Gasteiger partial charge in [-0.25, -0.2) is 0 Å². The van der Waals surface area contributed by atoms with E-state index in [1.807, 2.05) is 20.0 Å². The summed E-state index contributed by atoms with van der Waals surface area (Å²) in [7, 11) is 1.69. The van der Waals surface area contributed by atoms with E-state index in [0.717, 1.165) is 41.8 Å². The number of aromatic nitrogens is 1. The van der Waals surface area contributed by atoms with E-state index in [1.165, 1.54) is 6.42 Å². The second-order valence-corrected chi connectivity index (χ2v) is 7.14. The van der Waals surface area contributed by atoms with Crippen molar-refractivity contribution in [2.45, 2.75) is 65.4 Å². The maximum Gasteiger partial charge on any atom is 0.128 e. The van der Waals surface area contributed by atoms with Crippen LogP contribution in [0.4, 0.5) is 0 Å². The Hall–Kier alpha value is -1.09. The summed E-state index contributed by atoms with van der Waals surface area (Å²) in [6.07, 6.45) is 6.47. The third-order valence-corrected chi connectivity index (χ3v) is 4.55. The van der Waals surface area contributed by atoms with E-state index in [-0.39, 0.29) is 5.41 Å². The fourth-order valence-corrected chi connectivity index (χ4v) is 3.68. The van der Waals surface area contributed by atoms with Crippen LogP contribution in [-0.2, 0) is 6.42 Å². The van der Waals surface area contributed by atoms with Gasteiger partial charge in [-0.2, -0.15) is 0 Å². The van der Waals surface area contributed by atoms with Gasteiger partial charge in [-0.05, 0) is 38.5 Å². The van der Waals surface area contributed by atoms with E-state index in [4.69, 9.17) is 4.74 Å². The van der Waals surface area contributed by atoms with Crippen LogP contribution in [-0.4, -0.2) is 22.8 Å². The van der Waals surface area contributed by atoms with Crippen molar-refractivity contribution in [2.24, 2.45) is 5.41 Å². The largest absolute Gasteiger partial charge is 0.496 e. The number of ether oxygens (including phenoxy) is 1. The van der Waals surface area contributed by atoms with Gasteiger partial charge in [0.25, 0.3) is 0 Å². The van der Waals surface area contributed by atoms with Crippen molar-refractivity contribution in [3.63, 3.8) is 0 Å². The van der Waals surface area contributed by atoms with E-state index >= 15 is 0 Å². The molecule has 1 unspecified atom stereocenters. The molecular weight excluding hydrogens is 250 g/mol. The van der Waals surface area contributed by atoms with Gasteiger partial charge in [-0.1, -0.05) is 20.3 Å². The number of rotatable bonds is 3. The first-order valence-corrected chi connectivity index (χ1v) is 7.48. The molecule has 1 fully saturated rings. The van der Waals surface area contributed by atoms with E-state index in [0.29, 0.717) is 6.42 Å². The first-order valence-electron chi connectivity index (χ1n) is 7.48. The minimum Gasteiger partial charge on any atom is -0.496 e. The molecule has 1 aliphatic carbocycles. The summed E-state index contributed by atoms with van der Waals surface area (Å²) in [5, 5.41) is 10.9. The van der Waals surface area contributed by atoms with Crippen LogP contribution in [0.25, 0.3) is 0 Å². The lowest BCUT2D eigenvalue weighted by atomic mass is 9.68. The van der Waals surface area contributed by atoms with Crippen LogP contribution in [0.5, 0.6) is 5.75 Å². The summed E-state index contributed by atoms with van der Waals surface area (Å²) in [6.45, 7) is 8.52. The third kappa shape index (κ3) is 3.14. The Morgan fingerprint density at radius 1 is 1.30 bits per heavy atom. The molecule has 0 aromatic carbocycles. The summed E-state index contributed by atoms with van der Waals surface area (Å²) in [5.74, 6) is 0.897. The van der Waals surface area contributed by atoms with Crippen LogP contribution in [0.15, 0.2) is 6.20 Å². The number of nitrogens with zero attached hydrogens (tertiary/aromatic N) is 1. The zero-order valence-corrected chi connectivity index (χ0v) is 13.4. The summed E-state index contributed by atoms with van der Waals surface area (Å²) in [6, 6.07) is 0. The Labute approximate surface area is 122 Å². The molecule has 1 aromatic heterocycles. The van der Waals surface area contributed by atoms with Gasteiger partial charge < -0.3 is 9.84 Å². The summed E-state index contributed by atoms with van der Waals surface area (Å²) < 4.78 is 5.46. The minimum absolute atomic E-state index is 0.218. The molecule has 0 aliphatic heterocycles. The lowest BCUT2D eigenvalue weighted by Gasteiger charge is -2.41. The van der Waals surface area contributed by atoms with Gasteiger partial charge in [-0.15, -0.1) is 0 Å². The highest BCUT2D eigenvalue weighted by atomic mass is 16.5. The summed E-state index contributed by atoms with van der Waals surface area (Å²) in [4.78, 5) is 4.53. The van der Waals surface area contributed by atoms with E-state index in [2.05, 4.69) is 18.8 Å². The SMILES string of the molecule is COc1c(C)cnc(CC2(O)CCCC(C)(C)C2)c1C. The fourth-order valence-electron chi connectivity index (χ4n) is 3.68. The van der Waals surface area contributed by atoms with Crippen molar-refractivity contribution >= 4 is 0 Å². The average Bonchev–Trinajstić information content (AvgIpc) is 2.32. The van der Waals surface area contributed by atoms with Gasteiger partial charge in [0.2, 0.25) is 0 Å². The second kappa shape index (κ2) is 5.36. The Morgan fingerprint density at radius 2 is 2.00 bits per heavy atom. The molecule has 20 heavy (non-hydrogen) atoms. The number of aryl methyl sites for hydroxylation is 1. The number of hydrogen-bond acceptors (Lipinski definition) is 3. The Balaban J connectivity index is 2.26. The van der Waals surface area contributed by atoms with Crippen LogP contribution in [0.1, 0.15) is 56.4 Å². The number of aliphatic hydroxyl groups is 1. The predicted molar refractivity (Wildman–Crippen MR) is 81.2 cm³/mol. The lowest BCUT2D eigenvalue weighted by Crippen LogP contribution is -2.41. The minimum atomic E-state index is -0.625. The van der Waals surface area contributed by atoms with E-state index in [9.17, 15) is 5.11 Å². The first-order chi connectivity index (χ1) is 9.26. The van der Waals surface area contributed by atoms with Crippen molar-refractivity contribution in [1.29, 1.82) is 0 Å². The molecule has 3 nitrogen and oxygen atoms in total. The molecule has 1 atom stereocenters. The van der Waals surface area contributed by atoms with Crippen LogP contribution < -0.4 is 4.74 Å². The monoisotopic (exact) mass is 277 g/mol. The normalized spacial score (nSPS) is 25.5. The zero-order valence-electron chi connectivity index (χ0n) is 13.4. The quantitative estimate of drug-likeness (QED) is 0.918. The summed E-state index contributed by atoms with van der Waals surface area (Å²) in [5.41, 5.74) is 2.66. The topological polar surface area (TPSA) is 42.4 Å². The summed E-state index contributed by atoms with van der Waals surface area (Å²) >= 11 is 0. The smallest absolute Gasteiger partial charge is 0.128 e. The van der Waals surface area contributed by atoms with E-state index in [1.54, 1.807) is 7.11 Å². The molecule has 0 radical (unpaired) electrons. The van der Waals surface area contributed by atoms with Crippen molar-refractivity contribution in [3.05, 3.63) is 23.0 Å². The molecule has 0 bridgehead atoms. The van der Waals surface area contributed by atoms with Crippen molar-refractivity contribution in [1.82, 2.24) is 4.98 Å². The fraction of sp³-hybridized carbons (Fsp3) is 0.706. The number of pyridine rings is 1. The predicted octanol–water partition coefficient (Wildman–Crippen LogP) is 3.58. The molecule has 1 aromatic rings. The Bertz CT molecular complexity index is 496. The standard InChI is InChI=1S/C17H27NO2/c1-12-10-18-14(13(2)15(12)20-5)9-17(19)8-6-7-16(3,4)11-17/h10,19H,6-9,11H2,1-5H3. The number of methoxy groups -OCH3 is 1. The molecule has 0 amide bonds. The van der Waals surface area contributed by atoms with Crippen molar-refractivity contribution in [2.75, 3.05) is 7.11 Å². The highest BCUT2D eigenvalue weighted by Gasteiger charge is 2.39. The van der Waals surface area contributed by atoms with Gasteiger partial charge in [0.1, 0.15) is 5.75 Å². The maximum atomic E-state index is 10.9. The highest BCUT2D eigenvalue weighted by Crippen LogP contribution is 2.42. The lowest BCUT2D eigenvalue weighted by molar-refractivity contribution is -0.0389. The molecular formula is C17H27NO2. The van der Waals surface area contributed by atoms with Gasteiger partial charge in [0.15, 0.2) is 0 Å². The van der Waals surface area contributed by atoms with E-state index < -0.39 is 5.60 Å². The van der Waals surface area contributed by atoms with Crippen molar-refractivity contribution in [3.8, 4) is 5.75 Å². The molecule has 2 rings (SSSR count). The van der Waals surface area contributed by atoms with Crippen LogP contribution in [0, 0.1) is 19.3 Å². The molecule has 1 N–H and O–H groups in total. The zero-order chi connectivity index (χ0) is 15.0. The molecule has 1 heterocycles. The maximum absolute atomic E-state index is 10.9. The van der Waals surface area contributed by atoms with Gasteiger partial charge in [0.05, 0.1) is 12.7 Å². The third-order valence-electron chi connectivity index (χ3n) is 4.55. The molecule has 1 saturated carbocycles. The molecule has 0 spiro atoms. The molecule has 1 aliphatic rings. The van der Waals surface area contributed by atoms with Crippen molar-refractivity contribution < 1.29 is 9.84 Å². The first kappa shape index (κ1) is 15.3. The number of hydrogen-bond donors (Lipinski definition) is 1. The van der Waals surface area contributed by atoms with Gasteiger partial charge >= 0.3 is 0 Å². The molecule has 3 heteroatoms. The average molecular weight is 277 g/mol. The Kier molecular flexibility index (Phi) is 4.10. The van der Waals surface area contributed by atoms with Crippen LogP contribution >= 0.6 is 0 Å². The molecule has 112 valence electrons. The highest BCUT2D eigenvalue weighted by molar-refractivity contribution is 5.41. The van der Waals surface area contributed by atoms with Gasteiger partial charge in [0, 0.05) is 29.4 Å². The van der Waals surface area contributed by atoms with Crippen LogP contribution in [0.3, 0.4) is 0 Å². The van der Waals surface area contributed by atoms with Gasteiger partial charge in [-0.3, -0.25) is 4.98 Å².